The Morgan fingerprint density at radius 3 is 2.39 bits per heavy atom. The van der Waals surface area contributed by atoms with Gasteiger partial charge in [-0.15, -0.1) is 24.8 Å². The van der Waals surface area contributed by atoms with Crippen LogP contribution >= 0.6 is 24.8 Å². The smallest absolute Gasteiger partial charge is 0.255 e. The third-order valence-electron chi connectivity index (χ3n) is 4.13. The lowest BCUT2D eigenvalue weighted by molar-refractivity contribution is 0.102. The number of carbonyl (C=O) groups is 1. The molecule has 0 unspecified atom stereocenters. The van der Waals surface area contributed by atoms with E-state index >= 15 is 0 Å². The lowest BCUT2D eigenvalue weighted by Crippen LogP contribution is -2.28. The molecule has 2 aromatic carbocycles. The Morgan fingerprint density at radius 1 is 1.07 bits per heavy atom. The van der Waals surface area contributed by atoms with E-state index in [1.165, 1.54) is 0 Å². The minimum absolute atomic E-state index is 0. The summed E-state index contributed by atoms with van der Waals surface area (Å²) in [7, 11) is 1.59. The number of hydrogen-bond donors (Lipinski definition) is 2. The van der Waals surface area contributed by atoms with E-state index in [2.05, 4.69) is 24.1 Å². The third-order valence-corrected chi connectivity index (χ3v) is 4.13. The van der Waals surface area contributed by atoms with Gasteiger partial charge < -0.3 is 25.4 Å². The summed E-state index contributed by atoms with van der Waals surface area (Å²) in [6.07, 6.45) is 0. The van der Waals surface area contributed by atoms with Crippen molar-refractivity contribution >= 4 is 42.1 Å². The molecule has 0 fully saturated rings. The van der Waals surface area contributed by atoms with E-state index in [0.717, 1.165) is 19.6 Å². The zero-order valence-corrected chi connectivity index (χ0v) is 18.1. The van der Waals surface area contributed by atoms with Gasteiger partial charge in [-0.3, -0.25) is 4.79 Å². The van der Waals surface area contributed by atoms with Crippen LogP contribution in [-0.4, -0.2) is 44.2 Å². The highest BCUT2D eigenvalue weighted by Gasteiger charge is 2.10. The van der Waals surface area contributed by atoms with Crippen LogP contribution in [0, 0.1) is 0 Å². The highest BCUT2D eigenvalue weighted by molar-refractivity contribution is 6.04. The molecule has 0 aliphatic carbocycles. The number of nitrogens with zero attached hydrogens (tertiary/aromatic N) is 1. The number of halogens is 2. The van der Waals surface area contributed by atoms with E-state index in [1.54, 1.807) is 49.6 Å². The summed E-state index contributed by atoms with van der Waals surface area (Å²) >= 11 is 0. The van der Waals surface area contributed by atoms with Crippen LogP contribution in [0.3, 0.4) is 0 Å². The fourth-order valence-electron chi connectivity index (χ4n) is 2.57. The Kier molecular flexibility index (Phi) is 12.1. The molecule has 0 heterocycles. The monoisotopic (exact) mass is 429 g/mol. The van der Waals surface area contributed by atoms with Crippen molar-refractivity contribution in [3.05, 3.63) is 48.0 Å². The van der Waals surface area contributed by atoms with Gasteiger partial charge in [0.1, 0.15) is 6.61 Å². The largest absolute Gasteiger partial charge is 0.493 e. The normalized spacial score (nSPS) is 9.86. The van der Waals surface area contributed by atoms with E-state index in [0.29, 0.717) is 35.0 Å². The van der Waals surface area contributed by atoms with E-state index in [9.17, 15) is 4.79 Å². The van der Waals surface area contributed by atoms with Gasteiger partial charge in [0, 0.05) is 29.5 Å². The molecule has 28 heavy (non-hydrogen) atoms. The molecule has 0 bridgehead atoms. The number of amides is 1. The van der Waals surface area contributed by atoms with Crippen LogP contribution < -0.4 is 20.5 Å². The second-order valence-corrected chi connectivity index (χ2v) is 5.82. The number of likely N-dealkylation sites (N-methyl/N-ethyl adjacent to an activating group) is 1. The van der Waals surface area contributed by atoms with Crippen LogP contribution in [0.2, 0.25) is 0 Å². The molecule has 0 aliphatic heterocycles. The number of ether oxygens (including phenoxy) is 2. The van der Waals surface area contributed by atoms with Gasteiger partial charge in [0.2, 0.25) is 0 Å². The Labute approximate surface area is 179 Å². The second-order valence-electron chi connectivity index (χ2n) is 5.82. The van der Waals surface area contributed by atoms with Crippen molar-refractivity contribution in [2.45, 2.75) is 13.8 Å². The SMILES string of the molecule is CCN(CC)CCOc1cc(NC(=O)c2cccc(N)c2)ccc1OC.Cl.Cl. The van der Waals surface area contributed by atoms with Crippen molar-refractivity contribution in [3.8, 4) is 11.5 Å². The molecule has 0 aliphatic rings. The maximum atomic E-state index is 12.4. The summed E-state index contributed by atoms with van der Waals surface area (Å²) in [6.45, 7) is 7.58. The number of nitrogen functional groups attached to an aromatic ring is 1. The van der Waals surface area contributed by atoms with Crippen LogP contribution in [0.4, 0.5) is 11.4 Å². The number of methoxy groups -OCH3 is 1. The third kappa shape index (κ3) is 7.46. The Balaban J connectivity index is 0.00000364. The molecule has 2 aromatic rings. The Morgan fingerprint density at radius 2 is 1.79 bits per heavy atom. The minimum atomic E-state index is -0.225. The average Bonchev–Trinajstić information content (AvgIpc) is 2.65. The molecule has 156 valence electrons. The van der Waals surface area contributed by atoms with Gasteiger partial charge in [0.05, 0.1) is 7.11 Å². The van der Waals surface area contributed by atoms with Gasteiger partial charge >= 0.3 is 0 Å². The summed E-state index contributed by atoms with van der Waals surface area (Å²) < 4.78 is 11.2. The first kappa shape index (κ1) is 25.9. The number of anilines is 2. The van der Waals surface area contributed by atoms with Crippen LogP contribution in [0.15, 0.2) is 42.5 Å². The highest BCUT2D eigenvalue weighted by Crippen LogP contribution is 2.30. The summed E-state index contributed by atoms with van der Waals surface area (Å²) in [5.74, 6) is 1.01. The van der Waals surface area contributed by atoms with Gasteiger partial charge in [-0.25, -0.2) is 0 Å². The summed E-state index contributed by atoms with van der Waals surface area (Å²) in [6, 6.07) is 12.2. The predicted octanol–water partition coefficient (Wildman–Crippen LogP) is 4.09. The molecule has 0 radical (unpaired) electrons. The number of nitrogens with one attached hydrogen (secondary N) is 1. The fourth-order valence-corrected chi connectivity index (χ4v) is 2.57. The fraction of sp³-hybridized carbons (Fsp3) is 0.350. The first-order valence-corrected chi connectivity index (χ1v) is 8.77. The molecule has 2 rings (SSSR count). The maximum absolute atomic E-state index is 12.4. The zero-order valence-electron chi connectivity index (χ0n) is 16.4. The molecule has 8 heteroatoms. The highest BCUT2D eigenvalue weighted by atomic mass is 35.5. The van der Waals surface area contributed by atoms with Crippen molar-refractivity contribution in [1.29, 1.82) is 0 Å². The van der Waals surface area contributed by atoms with Crippen LogP contribution in [0.25, 0.3) is 0 Å². The van der Waals surface area contributed by atoms with Crippen molar-refractivity contribution in [3.63, 3.8) is 0 Å². The van der Waals surface area contributed by atoms with Crippen LogP contribution in [0.5, 0.6) is 11.5 Å². The Hall–Kier alpha value is -2.15. The summed E-state index contributed by atoms with van der Waals surface area (Å²) in [4.78, 5) is 14.6. The topological polar surface area (TPSA) is 76.8 Å². The maximum Gasteiger partial charge on any atom is 0.255 e. The first-order chi connectivity index (χ1) is 12.6. The van der Waals surface area contributed by atoms with Crippen LogP contribution in [0.1, 0.15) is 24.2 Å². The van der Waals surface area contributed by atoms with Crippen LogP contribution in [-0.2, 0) is 0 Å². The molecule has 0 spiro atoms. The quantitative estimate of drug-likeness (QED) is 0.586. The number of benzene rings is 2. The summed E-state index contributed by atoms with van der Waals surface area (Å²) in [5.41, 5.74) is 7.42. The standard InChI is InChI=1S/C20H27N3O3.2ClH/c1-4-23(5-2)11-12-26-19-14-17(9-10-18(19)25-3)22-20(24)15-7-6-8-16(21)13-15;;/h6-10,13-14H,4-5,11-12,21H2,1-3H3,(H,22,24);2*1H. The van der Waals surface area contributed by atoms with E-state index in [1.807, 2.05) is 0 Å². The first-order valence-electron chi connectivity index (χ1n) is 8.77. The number of nitrogens with two attached hydrogens (primary N) is 1. The number of carbonyl (C=O) groups excluding carboxylic acids is 1. The molecule has 0 saturated carbocycles. The van der Waals surface area contributed by atoms with Crippen molar-refractivity contribution in [2.24, 2.45) is 0 Å². The van der Waals surface area contributed by atoms with Crippen molar-refractivity contribution < 1.29 is 14.3 Å². The lowest BCUT2D eigenvalue weighted by Gasteiger charge is -2.19. The van der Waals surface area contributed by atoms with Gasteiger partial charge in [0.25, 0.3) is 5.91 Å². The van der Waals surface area contributed by atoms with E-state index in [4.69, 9.17) is 15.2 Å². The number of rotatable bonds is 9. The average molecular weight is 430 g/mol. The minimum Gasteiger partial charge on any atom is -0.493 e. The molecule has 6 nitrogen and oxygen atoms in total. The number of hydrogen-bond acceptors (Lipinski definition) is 5. The summed E-state index contributed by atoms with van der Waals surface area (Å²) in [5, 5.41) is 2.86. The van der Waals surface area contributed by atoms with E-state index < -0.39 is 0 Å². The lowest BCUT2D eigenvalue weighted by atomic mass is 10.2. The van der Waals surface area contributed by atoms with Gasteiger partial charge in [-0.2, -0.15) is 0 Å². The molecular weight excluding hydrogens is 401 g/mol. The molecular formula is C20H29Cl2N3O3. The second kappa shape index (κ2) is 13.1. The molecule has 0 aromatic heterocycles. The molecule has 1 amide bonds. The molecule has 3 N–H and O–H groups in total. The zero-order chi connectivity index (χ0) is 18.9. The molecule has 0 saturated heterocycles. The van der Waals surface area contributed by atoms with Crippen molar-refractivity contribution in [2.75, 3.05) is 44.4 Å². The van der Waals surface area contributed by atoms with Crippen molar-refractivity contribution in [1.82, 2.24) is 4.90 Å². The van der Waals surface area contributed by atoms with Gasteiger partial charge in [-0.1, -0.05) is 19.9 Å². The van der Waals surface area contributed by atoms with E-state index in [-0.39, 0.29) is 30.7 Å². The van der Waals surface area contributed by atoms with Gasteiger partial charge in [0.15, 0.2) is 11.5 Å². The molecule has 0 atom stereocenters. The Bertz CT molecular complexity index is 740. The predicted molar refractivity (Wildman–Crippen MR) is 120 cm³/mol. The van der Waals surface area contributed by atoms with Gasteiger partial charge in [-0.05, 0) is 43.4 Å².